The molecule has 0 unspecified atom stereocenters. The van der Waals surface area contributed by atoms with Gasteiger partial charge in [0.2, 0.25) is 0 Å². The molecule has 3 rings (SSSR count). The molecule has 0 radical (unpaired) electrons. The first kappa shape index (κ1) is 14.1. The van der Waals surface area contributed by atoms with Gasteiger partial charge in [-0.05, 0) is 19.0 Å². The molecule has 8 heteroatoms. The SMILES string of the molecule is Cl.O=[N+]([O-])c1ccc2oc(S[C@@H]3CCNC3)nc2c1. The minimum atomic E-state index is -0.429. The zero-order valence-electron chi connectivity index (χ0n) is 9.87. The van der Waals surface area contributed by atoms with Crippen molar-refractivity contribution >= 4 is 41.0 Å². The van der Waals surface area contributed by atoms with Gasteiger partial charge in [-0.2, -0.15) is 0 Å². The number of hydrogen-bond donors (Lipinski definition) is 1. The fourth-order valence-corrected chi connectivity index (χ4v) is 2.94. The Morgan fingerprint density at radius 2 is 2.37 bits per heavy atom. The number of rotatable bonds is 3. The summed E-state index contributed by atoms with van der Waals surface area (Å²) in [5.41, 5.74) is 1.17. The van der Waals surface area contributed by atoms with Crippen molar-refractivity contribution < 1.29 is 9.34 Å². The summed E-state index contributed by atoms with van der Waals surface area (Å²) in [6.07, 6.45) is 1.09. The number of oxazole rings is 1. The maximum atomic E-state index is 10.7. The zero-order valence-corrected chi connectivity index (χ0v) is 11.5. The van der Waals surface area contributed by atoms with Gasteiger partial charge in [0.15, 0.2) is 5.58 Å². The highest BCUT2D eigenvalue weighted by atomic mass is 35.5. The molecular weight excluding hydrogens is 290 g/mol. The topological polar surface area (TPSA) is 81.2 Å². The molecular formula is C11H12ClN3O3S. The monoisotopic (exact) mass is 301 g/mol. The molecule has 0 amide bonds. The number of nitro benzene ring substituents is 1. The third-order valence-corrected chi connectivity index (χ3v) is 3.96. The van der Waals surface area contributed by atoms with Crippen molar-refractivity contribution in [3.05, 3.63) is 28.3 Å². The predicted molar refractivity (Wildman–Crippen MR) is 75.0 cm³/mol. The van der Waals surface area contributed by atoms with Crippen molar-refractivity contribution in [3.63, 3.8) is 0 Å². The minimum Gasteiger partial charge on any atom is -0.431 e. The highest BCUT2D eigenvalue weighted by molar-refractivity contribution is 7.99. The van der Waals surface area contributed by atoms with Gasteiger partial charge in [-0.25, -0.2) is 4.98 Å². The van der Waals surface area contributed by atoms with Gasteiger partial charge >= 0.3 is 0 Å². The number of non-ortho nitro benzene ring substituents is 1. The molecule has 1 saturated heterocycles. The second-order valence-corrected chi connectivity index (χ2v) is 5.37. The summed E-state index contributed by atoms with van der Waals surface area (Å²) in [5, 5.41) is 15.0. The summed E-state index contributed by atoms with van der Waals surface area (Å²) >= 11 is 1.58. The number of benzene rings is 1. The molecule has 6 nitrogen and oxygen atoms in total. The van der Waals surface area contributed by atoms with E-state index in [-0.39, 0.29) is 18.1 Å². The number of nitro groups is 1. The number of halogens is 1. The molecule has 1 atom stereocenters. The highest BCUT2D eigenvalue weighted by Crippen LogP contribution is 2.30. The molecule has 1 aliphatic heterocycles. The first-order valence-electron chi connectivity index (χ1n) is 5.65. The number of hydrogen-bond acceptors (Lipinski definition) is 6. The van der Waals surface area contributed by atoms with Crippen molar-refractivity contribution in [2.24, 2.45) is 0 Å². The molecule has 1 aromatic heterocycles. The van der Waals surface area contributed by atoms with E-state index in [0.29, 0.717) is 21.6 Å². The summed E-state index contributed by atoms with van der Waals surface area (Å²) in [7, 11) is 0. The van der Waals surface area contributed by atoms with Crippen molar-refractivity contribution in [1.82, 2.24) is 10.3 Å². The Labute approximate surface area is 119 Å². The maximum Gasteiger partial charge on any atom is 0.271 e. The fourth-order valence-electron chi connectivity index (χ4n) is 1.93. The number of thioether (sulfide) groups is 1. The van der Waals surface area contributed by atoms with Crippen LogP contribution in [0.3, 0.4) is 0 Å². The van der Waals surface area contributed by atoms with Crippen LogP contribution in [0.2, 0.25) is 0 Å². The number of nitrogens with one attached hydrogen (secondary N) is 1. The van der Waals surface area contributed by atoms with Crippen LogP contribution in [0.15, 0.2) is 27.8 Å². The quantitative estimate of drug-likeness (QED) is 0.693. The molecule has 1 aliphatic rings. The summed E-state index contributed by atoms with van der Waals surface area (Å²) in [4.78, 5) is 14.5. The lowest BCUT2D eigenvalue weighted by Crippen LogP contribution is -2.09. The van der Waals surface area contributed by atoms with Crippen LogP contribution in [0.25, 0.3) is 11.1 Å². The average molecular weight is 302 g/mol. The van der Waals surface area contributed by atoms with Crippen molar-refractivity contribution in [2.75, 3.05) is 13.1 Å². The average Bonchev–Trinajstić information content (AvgIpc) is 2.96. The van der Waals surface area contributed by atoms with Crippen molar-refractivity contribution in [1.29, 1.82) is 0 Å². The first-order chi connectivity index (χ1) is 8.72. The molecule has 0 spiro atoms. The van der Waals surface area contributed by atoms with Crippen molar-refractivity contribution in [3.8, 4) is 0 Å². The van der Waals surface area contributed by atoms with E-state index in [9.17, 15) is 10.1 Å². The summed E-state index contributed by atoms with van der Waals surface area (Å²) in [5.74, 6) is 0. The summed E-state index contributed by atoms with van der Waals surface area (Å²) in [6.45, 7) is 1.97. The van der Waals surface area contributed by atoms with Gasteiger partial charge in [0.25, 0.3) is 10.9 Å². The van der Waals surface area contributed by atoms with Crippen LogP contribution >= 0.6 is 24.2 Å². The number of fused-ring (bicyclic) bond motifs is 1. The van der Waals surface area contributed by atoms with E-state index in [1.807, 2.05) is 0 Å². The van der Waals surface area contributed by atoms with Crippen LogP contribution < -0.4 is 5.32 Å². The fraction of sp³-hybridized carbons (Fsp3) is 0.364. The maximum absolute atomic E-state index is 10.7. The normalized spacial score (nSPS) is 18.4. The van der Waals surface area contributed by atoms with Crippen molar-refractivity contribution in [2.45, 2.75) is 16.9 Å². The molecule has 1 aromatic carbocycles. The van der Waals surface area contributed by atoms with Crippen LogP contribution in [0.5, 0.6) is 0 Å². The number of nitrogens with zero attached hydrogens (tertiary/aromatic N) is 2. The standard InChI is InChI=1S/C11H11N3O3S.ClH/c15-14(16)7-1-2-10-9(5-7)13-11(17-10)18-8-3-4-12-6-8;/h1-2,5,8,12H,3-4,6H2;1H/t8-;/m1./s1. The summed E-state index contributed by atoms with van der Waals surface area (Å²) < 4.78 is 5.57. The molecule has 1 fully saturated rings. The van der Waals surface area contributed by atoms with E-state index in [0.717, 1.165) is 19.5 Å². The Morgan fingerprint density at radius 3 is 3.05 bits per heavy atom. The second-order valence-electron chi connectivity index (χ2n) is 4.12. The molecule has 2 heterocycles. The van der Waals surface area contributed by atoms with Gasteiger partial charge in [-0.15, -0.1) is 12.4 Å². The molecule has 0 saturated carbocycles. The third-order valence-electron chi connectivity index (χ3n) is 2.84. The molecule has 0 aliphatic carbocycles. The van der Waals surface area contributed by atoms with Crippen LogP contribution in [-0.4, -0.2) is 28.2 Å². The molecule has 2 aromatic rings. The largest absolute Gasteiger partial charge is 0.431 e. The van der Waals surface area contributed by atoms with Gasteiger partial charge in [-0.3, -0.25) is 10.1 Å². The molecule has 0 bridgehead atoms. The van der Waals surface area contributed by atoms with Gasteiger partial charge < -0.3 is 9.73 Å². The second kappa shape index (κ2) is 5.77. The smallest absolute Gasteiger partial charge is 0.271 e. The Morgan fingerprint density at radius 1 is 1.53 bits per heavy atom. The van der Waals surface area contributed by atoms with E-state index in [1.54, 1.807) is 17.8 Å². The predicted octanol–water partition coefficient (Wildman–Crippen LogP) is 2.61. The summed E-state index contributed by atoms with van der Waals surface area (Å²) in [6, 6.07) is 4.46. The zero-order chi connectivity index (χ0) is 12.5. The third kappa shape index (κ3) is 2.99. The van der Waals surface area contributed by atoms with Gasteiger partial charge in [0.1, 0.15) is 5.52 Å². The lowest BCUT2D eigenvalue weighted by molar-refractivity contribution is -0.384. The van der Waals surface area contributed by atoms with E-state index in [4.69, 9.17) is 4.42 Å². The lowest BCUT2D eigenvalue weighted by atomic mass is 10.3. The first-order valence-corrected chi connectivity index (χ1v) is 6.53. The van der Waals surface area contributed by atoms with Crippen LogP contribution in [0, 0.1) is 10.1 Å². The van der Waals surface area contributed by atoms with E-state index >= 15 is 0 Å². The Balaban J connectivity index is 0.00000133. The lowest BCUT2D eigenvalue weighted by Gasteiger charge is -2.01. The minimum absolute atomic E-state index is 0. The van der Waals surface area contributed by atoms with E-state index < -0.39 is 4.92 Å². The highest BCUT2D eigenvalue weighted by Gasteiger charge is 2.19. The van der Waals surface area contributed by atoms with E-state index in [1.165, 1.54) is 12.1 Å². The Bertz CT molecular complexity index is 598. The number of aromatic nitrogens is 1. The molecule has 102 valence electrons. The van der Waals surface area contributed by atoms with Gasteiger partial charge in [-0.1, -0.05) is 11.8 Å². The van der Waals surface area contributed by atoms with Gasteiger partial charge in [0, 0.05) is 23.9 Å². The molecule has 19 heavy (non-hydrogen) atoms. The van der Waals surface area contributed by atoms with E-state index in [2.05, 4.69) is 10.3 Å². The van der Waals surface area contributed by atoms with Crippen LogP contribution in [-0.2, 0) is 0 Å². The Hall–Kier alpha value is -1.31. The van der Waals surface area contributed by atoms with Crippen LogP contribution in [0.4, 0.5) is 5.69 Å². The Kier molecular flexibility index (Phi) is 4.28. The van der Waals surface area contributed by atoms with Gasteiger partial charge in [0.05, 0.1) is 4.92 Å². The molecule has 1 N–H and O–H groups in total. The van der Waals surface area contributed by atoms with Crippen LogP contribution in [0.1, 0.15) is 6.42 Å².